The van der Waals surface area contributed by atoms with E-state index in [0.29, 0.717) is 0 Å². The first kappa shape index (κ1) is 24.8. The van der Waals surface area contributed by atoms with Gasteiger partial charge in [0.15, 0.2) is 0 Å². The van der Waals surface area contributed by atoms with E-state index in [1.165, 1.54) is 74.9 Å². The van der Waals surface area contributed by atoms with Crippen LogP contribution in [0.15, 0.2) is 158 Å². The minimum atomic E-state index is 1.16. The fourth-order valence-electron chi connectivity index (χ4n) is 7.34. The van der Waals surface area contributed by atoms with Crippen LogP contribution in [0.25, 0.3) is 86.3 Å². The molecular formula is C42H26N2S. The Labute approximate surface area is 263 Å². The molecule has 0 fully saturated rings. The molecule has 3 aromatic heterocycles. The Bertz CT molecular complexity index is 2760. The first-order valence-corrected chi connectivity index (χ1v) is 16.2. The van der Waals surface area contributed by atoms with Crippen LogP contribution in [0.1, 0.15) is 0 Å². The maximum Gasteiger partial charge on any atom is 0.0788 e. The summed E-state index contributed by atoms with van der Waals surface area (Å²) < 4.78 is 7.59. The van der Waals surface area contributed by atoms with E-state index < -0.39 is 0 Å². The Morgan fingerprint density at radius 2 is 0.889 bits per heavy atom. The Morgan fingerprint density at radius 3 is 1.62 bits per heavy atom. The summed E-state index contributed by atoms with van der Waals surface area (Å²) in [5, 5.41) is 7.70. The van der Waals surface area contributed by atoms with E-state index in [4.69, 9.17) is 0 Å². The molecule has 0 aliphatic carbocycles. The number of para-hydroxylation sites is 3. The summed E-state index contributed by atoms with van der Waals surface area (Å²) in [6.07, 6.45) is 0. The van der Waals surface area contributed by atoms with Crippen molar-refractivity contribution in [2.45, 2.75) is 0 Å². The molecule has 0 N–H and O–H groups in total. The molecule has 0 aliphatic heterocycles. The number of rotatable bonds is 3. The second-order valence-electron chi connectivity index (χ2n) is 11.8. The van der Waals surface area contributed by atoms with E-state index >= 15 is 0 Å². The molecule has 0 aliphatic rings. The lowest BCUT2D eigenvalue weighted by Gasteiger charge is -2.13. The number of hydrogen-bond donors (Lipinski definition) is 0. The molecule has 0 spiro atoms. The van der Waals surface area contributed by atoms with Crippen LogP contribution < -0.4 is 0 Å². The molecule has 45 heavy (non-hydrogen) atoms. The van der Waals surface area contributed by atoms with Crippen molar-refractivity contribution < 1.29 is 0 Å². The summed E-state index contributed by atoms with van der Waals surface area (Å²) in [4.78, 5) is 0. The average molecular weight is 591 g/mol. The fourth-order valence-corrected chi connectivity index (χ4v) is 8.43. The smallest absolute Gasteiger partial charge is 0.0788 e. The third-order valence-corrected chi connectivity index (χ3v) is 10.4. The van der Waals surface area contributed by atoms with Gasteiger partial charge in [-0.15, -0.1) is 11.3 Å². The summed E-state index contributed by atoms with van der Waals surface area (Å²) in [6.45, 7) is 0. The standard InChI is InChI=1S/C42H26N2S/c1-2-12-29(13-3-1)43-37-18-7-4-15-31(37)34-22-23-35-32-16-5-8-19-38(32)44(42(35)41(34)43)30-14-10-11-27(25-30)28-21-24-40-36(26-28)33-17-6-9-20-39(33)45-40/h1-26H. The fraction of sp³-hybridized carbons (Fsp3) is 0. The lowest BCUT2D eigenvalue weighted by Crippen LogP contribution is -1.98. The predicted octanol–water partition coefficient (Wildman–Crippen LogP) is 11.9. The first-order valence-electron chi connectivity index (χ1n) is 15.4. The van der Waals surface area contributed by atoms with Crippen molar-refractivity contribution in [3.8, 4) is 22.5 Å². The van der Waals surface area contributed by atoms with Crippen LogP contribution in [-0.2, 0) is 0 Å². The van der Waals surface area contributed by atoms with Gasteiger partial charge in [-0.3, -0.25) is 0 Å². The molecule has 10 aromatic rings. The van der Waals surface area contributed by atoms with E-state index in [1.54, 1.807) is 0 Å². The molecule has 0 saturated heterocycles. The van der Waals surface area contributed by atoms with Crippen molar-refractivity contribution in [2.75, 3.05) is 0 Å². The van der Waals surface area contributed by atoms with Crippen molar-refractivity contribution in [1.82, 2.24) is 9.13 Å². The van der Waals surface area contributed by atoms with Gasteiger partial charge in [-0.1, -0.05) is 103 Å². The zero-order valence-electron chi connectivity index (χ0n) is 24.3. The largest absolute Gasteiger partial charge is 0.307 e. The minimum absolute atomic E-state index is 1.16. The molecule has 3 heteroatoms. The molecule has 2 nitrogen and oxygen atoms in total. The Kier molecular flexibility index (Phi) is 5.19. The highest BCUT2D eigenvalue weighted by Gasteiger charge is 2.21. The van der Waals surface area contributed by atoms with Crippen LogP contribution in [-0.4, -0.2) is 9.13 Å². The summed E-state index contributed by atoms with van der Waals surface area (Å²) in [5.74, 6) is 0. The Morgan fingerprint density at radius 1 is 0.333 bits per heavy atom. The maximum absolute atomic E-state index is 2.48. The molecule has 0 amide bonds. The van der Waals surface area contributed by atoms with E-state index in [1.807, 2.05) is 11.3 Å². The van der Waals surface area contributed by atoms with Gasteiger partial charge >= 0.3 is 0 Å². The number of fused-ring (bicyclic) bond motifs is 10. The molecule has 0 unspecified atom stereocenters. The quantitative estimate of drug-likeness (QED) is 0.194. The third-order valence-electron chi connectivity index (χ3n) is 9.30. The SMILES string of the molecule is c1ccc(-n2c3ccccc3c3ccc4c5ccccc5n(-c5cccc(-c6ccc7sc8ccccc8c7c6)c5)c4c32)cc1. The number of nitrogens with zero attached hydrogens (tertiary/aromatic N) is 2. The first-order chi connectivity index (χ1) is 22.3. The number of aromatic nitrogens is 2. The normalized spacial score (nSPS) is 12.0. The van der Waals surface area contributed by atoms with Gasteiger partial charge in [0, 0.05) is 53.1 Å². The van der Waals surface area contributed by atoms with Crippen LogP contribution in [0.5, 0.6) is 0 Å². The van der Waals surface area contributed by atoms with Gasteiger partial charge in [0.1, 0.15) is 0 Å². The van der Waals surface area contributed by atoms with Gasteiger partial charge in [-0.25, -0.2) is 0 Å². The van der Waals surface area contributed by atoms with E-state index in [9.17, 15) is 0 Å². The molecule has 0 saturated carbocycles. The zero-order valence-corrected chi connectivity index (χ0v) is 25.1. The Balaban J connectivity index is 1.30. The van der Waals surface area contributed by atoms with Crippen molar-refractivity contribution in [1.29, 1.82) is 0 Å². The van der Waals surface area contributed by atoms with Gasteiger partial charge in [0.05, 0.1) is 22.1 Å². The van der Waals surface area contributed by atoms with Gasteiger partial charge in [-0.2, -0.15) is 0 Å². The molecule has 7 aromatic carbocycles. The monoisotopic (exact) mass is 590 g/mol. The number of benzene rings is 7. The zero-order chi connectivity index (χ0) is 29.5. The average Bonchev–Trinajstić information content (AvgIpc) is 3.76. The summed E-state index contributed by atoms with van der Waals surface area (Å²) in [6, 6.07) is 57.7. The molecule has 10 rings (SSSR count). The second kappa shape index (κ2) is 9.43. The summed E-state index contributed by atoms with van der Waals surface area (Å²) in [5.41, 5.74) is 9.65. The highest BCUT2D eigenvalue weighted by atomic mass is 32.1. The van der Waals surface area contributed by atoms with Crippen LogP contribution in [0, 0.1) is 0 Å². The van der Waals surface area contributed by atoms with Crippen LogP contribution in [0.4, 0.5) is 0 Å². The van der Waals surface area contributed by atoms with Gasteiger partial charge in [0.25, 0.3) is 0 Å². The maximum atomic E-state index is 2.48. The minimum Gasteiger partial charge on any atom is -0.307 e. The van der Waals surface area contributed by atoms with E-state index in [0.717, 1.165) is 11.4 Å². The lowest BCUT2D eigenvalue weighted by atomic mass is 10.0. The molecule has 3 heterocycles. The third kappa shape index (κ3) is 3.56. The highest BCUT2D eigenvalue weighted by molar-refractivity contribution is 7.25. The molecule has 0 radical (unpaired) electrons. The van der Waals surface area contributed by atoms with Crippen molar-refractivity contribution >= 4 is 75.1 Å². The number of thiophene rings is 1. The highest BCUT2D eigenvalue weighted by Crippen LogP contribution is 2.42. The topological polar surface area (TPSA) is 9.86 Å². The summed E-state index contributed by atoms with van der Waals surface area (Å²) in [7, 11) is 0. The molecule has 0 bridgehead atoms. The van der Waals surface area contributed by atoms with Gasteiger partial charge < -0.3 is 9.13 Å². The van der Waals surface area contributed by atoms with Crippen molar-refractivity contribution in [2.24, 2.45) is 0 Å². The molecular weight excluding hydrogens is 565 g/mol. The van der Waals surface area contributed by atoms with Crippen LogP contribution in [0.2, 0.25) is 0 Å². The van der Waals surface area contributed by atoms with E-state index in [2.05, 4.69) is 167 Å². The van der Waals surface area contributed by atoms with Crippen LogP contribution in [0.3, 0.4) is 0 Å². The van der Waals surface area contributed by atoms with Gasteiger partial charge in [0.2, 0.25) is 0 Å². The summed E-state index contributed by atoms with van der Waals surface area (Å²) >= 11 is 1.87. The lowest BCUT2D eigenvalue weighted by molar-refractivity contribution is 1.15. The van der Waals surface area contributed by atoms with Crippen molar-refractivity contribution in [3.05, 3.63) is 158 Å². The van der Waals surface area contributed by atoms with Crippen molar-refractivity contribution in [3.63, 3.8) is 0 Å². The molecule has 0 atom stereocenters. The molecule has 210 valence electrons. The second-order valence-corrected chi connectivity index (χ2v) is 12.8. The van der Waals surface area contributed by atoms with Gasteiger partial charge in [-0.05, 0) is 65.7 Å². The predicted molar refractivity (Wildman–Crippen MR) is 193 cm³/mol. The van der Waals surface area contributed by atoms with Crippen LogP contribution >= 0.6 is 11.3 Å². The Hall–Kier alpha value is -5.64. The van der Waals surface area contributed by atoms with E-state index in [-0.39, 0.29) is 0 Å². The number of hydrogen-bond acceptors (Lipinski definition) is 1.